The summed E-state index contributed by atoms with van der Waals surface area (Å²) < 4.78 is 7.68. The van der Waals surface area contributed by atoms with Crippen LogP contribution < -0.4 is 10.5 Å². The van der Waals surface area contributed by atoms with Crippen molar-refractivity contribution in [3.05, 3.63) is 42.7 Å². The zero-order valence-electron chi connectivity index (χ0n) is 10.5. The van der Waals surface area contributed by atoms with E-state index >= 15 is 0 Å². The Morgan fingerprint density at radius 3 is 2.53 bits per heavy atom. The molecule has 1 aromatic carbocycles. The monoisotopic (exact) mass is 404 g/mol. The molecule has 0 aliphatic rings. The average Bonchev–Trinajstić information content (AvgIpc) is 2.78. The van der Waals surface area contributed by atoms with Gasteiger partial charge in [0.15, 0.2) is 0 Å². The molecule has 2 N–H and O–H groups in total. The van der Waals surface area contributed by atoms with Gasteiger partial charge >= 0.3 is 0 Å². The first-order valence-corrected chi connectivity index (χ1v) is 8.28. The van der Waals surface area contributed by atoms with E-state index in [-0.39, 0.29) is 0 Å². The Morgan fingerprint density at radius 2 is 2.00 bits per heavy atom. The summed E-state index contributed by atoms with van der Waals surface area (Å²) in [4.78, 5) is 5.50. The van der Waals surface area contributed by atoms with Crippen molar-refractivity contribution in [2.45, 2.75) is 19.9 Å². The fraction of sp³-hybridized carbons (Fsp3) is 0.308. The summed E-state index contributed by atoms with van der Waals surface area (Å²) in [5.74, 6) is 0.819. The summed E-state index contributed by atoms with van der Waals surface area (Å²) in [6.45, 7) is 3.16. The predicted octanol–water partition coefficient (Wildman–Crippen LogP) is 4.06. The van der Waals surface area contributed by atoms with Crippen LogP contribution in [-0.4, -0.2) is 11.6 Å². The molecule has 2 aromatic rings. The minimum Gasteiger partial charge on any atom is -0.491 e. The lowest BCUT2D eigenvalue weighted by atomic mass is 10.2. The van der Waals surface area contributed by atoms with Crippen LogP contribution in [0.3, 0.4) is 0 Å². The smallest absolute Gasteiger partial charge is 0.147 e. The zero-order valence-corrected chi connectivity index (χ0v) is 14.4. The summed E-state index contributed by atoms with van der Waals surface area (Å²) in [6, 6.07) is 3.97. The molecular formula is C13H14Br2N2OS. The van der Waals surface area contributed by atoms with Crippen molar-refractivity contribution in [1.82, 2.24) is 4.98 Å². The summed E-state index contributed by atoms with van der Waals surface area (Å²) in [7, 11) is 0. The van der Waals surface area contributed by atoms with E-state index in [1.165, 1.54) is 4.88 Å². The highest BCUT2D eigenvalue weighted by Crippen LogP contribution is 2.34. The van der Waals surface area contributed by atoms with Gasteiger partial charge in [-0.25, -0.2) is 4.98 Å². The maximum absolute atomic E-state index is 5.84. The van der Waals surface area contributed by atoms with Gasteiger partial charge in [0.05, 0.1) is 26.8 Å². The molecule has 6 heteroatoms. The fourth-order valence-electron chi connectivity index (χ4n) is 1.68. The summed E-state index contributed by atoms with van der Waals surface area (Å²) in [6.07, 6.45) is 0.869. The quantitative estimate of drug-likeness (QED) is 0.815. The van der Waals surface area contributed by atoms with Gasteiger partial charge in [-0.05, 0) is 56.5 Å². The van der Waals surface area contributed by atoms with Gasteiger partial charge in [0.1, 0.15) is 5.75 Å². The number of nitrogens with two attached hydrogens (primary N) is 1. The van der Waals surface area contributed by atoms with E-state index in [2.05, 4.69) is 36.8 Å². The number of hydrogen-bond acceptors (Lipinski definition) is 4. The second kappa shape index (κ2) is 6.83. The van der Waals surface area contributed by atoms with E-state index in [4.69, 9.17) is 10.5 Å². The summed E-state index contributed by atoms with van der Waals surface area (Å²) in [5, 5.41) is 0. The third-order valence-electron chi connectivity index (χ3n) is 2.71. The lowest BCUT2D eigenvalue weighted by Crippen LogP contribution is -2.03. The standard InChI is InChI=1S/C13H14Br2N2OS/c1-8-12(19-7-17-8)2-3-18-13-10(14)4-9(6-16)5-11(13)15/h4-5,7H,2-3,6,16H2,1H3. The van der Waals surface area contributed by atoms with Crippen molar-refractivity contribution in [3.8, 4) is 5.75 Å². The van der Waals surface area contributed by atoms with Crippen LogP contribution >= 0.6 is 43.2 Å². The molecule has 0 aliphatic heterocycles. The number of rotatable bonds is 5. The number of hydrogen-bond donors (Lipinski definition) is 1. The molecule has 1 aromatic heterocycles. The lowest BCUT2D eigenvalue weighted by molar-refractivity contribution is 0.318. The van der Waals surface area contributed by atoms with Crippen molar-refractivity contribution in [2.75, 3.05) is 6.61 Å². The van der Waals surface area contributed by atoms with E-state index in [1.54, 1.807) is 11.3 Å². The van der Waals surface area contributed by atoms with Crippen molar-refractivity contribution < 1.29 is 4.74 Å². The molecule has 0 radical (unpaired) electrons. The van der Waals surface area contributed by atoms with Crippen LogP contribution in [0.25, 0.3) is 0 Å². The van der Waals surface area contributed by atoms with Gasteiger partial charge in [-0.1, -0.05) is 0 Å². The Hall–Kier alpha value is -0.430. The Bertz CT molecular complexity index is 549. The number of aromatic nitrogens is 1. The van der Waals surface area contributed by atoms with Crippen molar-refractivity contribution in [1.29, 1.82) is 0 Å². The van der Waals surface area contributed by atoms with E-state index in [0.29, 0.717) is 13.2 Å². The van der Waals surface area contributed by atoms with Gasteiger partial charge in [-0.2, -0.15) is 0 Å². The zero-order chi connectivity index (χ0) is 13.8. The highest BCUT2D eigenvalue weighted by atomic mass is 79.9. The van der Waals surface area contributed by atoms with Crippen molar-refractivity contribution in [3.63, 3.8) is 0 Å². The van der Waals surface area contributed by atoms with Gasteiger partial charge in [-0.15, -0.1) is 11.3 Å². The topological polar surface area (TPSA) is 48.1 Å². The van der Waals surface area contributed by atoms with Crippen LogP contribution in [0.15, 0.2) is 26.6 Å². The molecule has 1 heterocycles. The normalized spacial score (nSPS) is 10.7. The first-order valence-electron chi connectivity index (χ1n) is 5.81. The van der Waals surface area contributed by atoms with Crippen molar-refractivity contribution >= 4 is 43.2 Å². The third-order valence-corrected chi connectivity index (χ3v) is 4.89. The van der Waals surface area contributed by atoms with Crippen LogP contribution in [0, 0.1) is 6.92 Å². The van der Waals surface area contributed by atoms with Gasteiger partial charge in [0, 0.05) is 17.8 Å². The van der Waals surface area contributed by atoms with E-state index in [0.717, 1.165) is 32.4 Å². The average molecular weight is 406 g/mol. The maximum Gasteiger partial charge on any atom is 0.147 e. The molecule has 0 saturated heterocycles. The molecule has 0 bridgehead atoms. The molecule has 2 rings (SSSR count). The lowest BCUT2D eigenvalue weighted by Gasteiger charge is -2.11. The summed E-state index contributed by atoms with van der Waals surface area (Å²) >= 11 is 8.69. The molecular weight excluding hydrogens is 392 g/mol. The molecule has 0 unspecified atom stereocenters. The van der Waals surface area contributed by atoms with Crippen LogP contribution in [-0.2, 0) is 13.0 Å². The first kappa shape index (κ1) is 15.0. The van der Waals surface area contributed by atoms with E-state index in [1.807, 2.05) is 24.6 Å². The number of halogens is 2. The predicted molar refractivity (Wildman–Crippen MR) is 85.8 cm³/mol. The van der Waals surface area contributed by atoms with Gasteiger partial charge < -0.3 is 10.5 Å². The Morgan fingerprint density at radius 1 is 1.32 bits per heavy atom. The van der Waals surface area contributed by atoms with Crippen LogP contribution in [0.4, 0.5) is 0 Å². The molecule has 0 aliphatic carbocycles. The minimum atomic E-state index is 0.511. The van der Waals surface area contributed by atoms with Crippen LogP contribution in [0.2, 0.25) is 0 Å². The Balaban J connectivity index is 2.02. The first-order chi connectivity index (χ1) is 9.11. The molecule has 0 fully saturated rings. The largest absolute Gasteiger partial charge is 0.491 e. The van der Waals surface area contributed by atoms with Gasteiger partial charge in [0.2, 0.25) is 0 Å². The number of thiazole rings is 1. The molecule has 0 atom stereocenters. The number of nitrogens with zero attached hydrogens (tertiary/aromatic N) is 1. The molecule has 0 saturated carbocycles. The molecule has 3 nitrogen and oxygen atoms in total. The number of benzene rings is 1. The molecule has 0 amide bonds. The Kier molecular flexibility index (Phi) is 5.38. The SMILES string of the molecule is Cc1ncsc1CCOc1c(Br)cc(CN)cc1Br. The maximum atomic E-state index is 5.84. The molecule has 102 valence electrons. The van der Waals surface area contributed by atoms with Crippen LogP contribution in [0.5, 0.6) is 5.75 Å². The fourth-order valence-corrected chi connectivity index (χ4v) is 3.95. The van der Waals surface area contributed by atoms with Crippen LogP contribution in [0.1, 0.15) is 16.1 Å². The minimum absolute atomic E-state index is 0.511. The van der Waals surface area contributed by atoms with Crippen molar-refractivity contribution in [2.24, 2.45) is 5.73 Å². The number of ether oxygens (including phenoxy) is 1. The Labute approximate surface area is 133 Å². The molecule has 19 heavy (non-hydrogen) atoms. The van der Waals surface area contributed by atoms with Gasteiger partial charge in [-0.3, -0.25) is 0 Å². The van der Waals surface area contributed by atoms with Gasteiger partial charge in [0.25, 0.3) is 0 Å². The highest BCUT2D eigenvalue weighted by Gasteiger charge is 2.09. The third kappa shape index (κ3) is 3.78. The highest BCUT2D eigenvalue weighted by molar-refractivity contribution is 9.11. The van der Waals surface area contributed by atoms with E-state index in [9.17, 15) is 0 Å². The summed E-state index contributed by atoms with van der Waals surface area (Å²) in [5.41, 5.74) is 9.65. The van der Waals surface area contributed by atoms with E-state index < -0.39 is 0 Å². The second-order valence-electron chi connectivity index (χ2n) is 4.05. The number of aryl methyl sites for hydroxylation is 1. The molecule has 0 spiro atoms. The second-order valence-corrected chi connectivity index (χ2v) is 6.70.